The highest BCUT2D eigenvalue weighted by molar-refractivity contribution is 5.73. The van der Waals surface area contributed by atoms with E-state index in [1.54, 1.807) is 6.92 Å². The van der Waals surface area contributed by atoms with Gasteiger partial charge in [-0.25, -0.2) is 9.97 Å². The van der Waals surface area contributed by atoms with Crippen molar-refractivity contribution >= 4 is 23.2 Å². The molecular formula is C19H25N5O. The number of aryl methyl sites for hydroxylation is 3. The summed E-state index contributed by atoms with van der Waals surface area (Å²) in [5, 5.41) is 3.38. The Balaban J connectivity index is 1.76. The minimum atomic E-state index is 0.135. The Kier molecular flexibility index (Phi) is 4.88. The molecule has 1 fully saturated rings. The fourth-order valence-electron chi connectivity index (χ4n) is 3.00. The van der Waals surface area contributed by atoms with Crippen LogP contribution in [0.5, 0.6) is 0 Å². The molecule has 6 heteroatoms. The lowest BCUT2D eigenvalue weighted by molar-refractivity contribution is -0.129. The molecular weight excluding hydrogens is 314 g/mol. The van der Waals surface area contributed by atoms with Crippen LogP contribution in [0.1, 0.15) is 23.9 Å². The highest BCUT2D eigenvalue weighted by Gasteiger charge is 2.20. The standard InChI is InChI=1S/C19H25N5O/c1-13-5-6-17(11-14(13)2)22-18-12-19(21-15(3)20-18)24-9-7-23(8-10-24)16(4)25/h5-6,11-12H,7-10H2,1-4H3,(H,20,21,22). The fraction of sp³-hybridized carbons (Fsp3) is 0.421. The van der Waals surface area contributed by atoms with Gasteiger partial charge in [-0.15, -0.1) is 0 Å². The third-order valence-electron chi connectivity index (χ3n) is 4.65. The van der Waals surface area contributed by atoms with Gasteiger partial charge in [-0.1, -0.05) is 6.07 Å². The largest absolute Gasteiger partial charge is 0.353 e. The maximum absolute atomic E-state index is 11.5. The van der Waals surface area contributed by atoms with Crippen LogP contribution in [-0.4, -0.2) is 47.0 Å². The molecule has 2 aromatic rings. The highest BCUT2D eigenvalue weighted by Crippen LogP contribution is 2.22. The van der Waals surface area contributed by atoms with Gasteiger partial charge in [0.15, 0.2) is 0 Å². The maximum Gasteiger partial charge on any atom is 0.219 e. The van der Waals surface area contributed by atoms with Gasteiger partial charge in [0, 0.05) is 44.9 Å². The normalized spacial score (nSPS) is 14.6. The first-order valence-corrected chi connectivity index (χ1v) is 8.63. The van der Waals surface area contributed by atoms with E-state index in [1.165, 1.54) is 11.1 Å². The molecule has 6 nitrogen and oxygen atoms in total. The topological polar surface area (TPSA) is 61.4 Å². The molecule has 0 radical (unpaired) electrons. The zero-order valence-electron chi connectivity index (χ0n) is 15.3. The summed E-state index contributed by atoms with van der Waals surface area (Å²) in [6.45, 7) is 10.8. The lowest BCUT2D eigenvalue weighted by Gasteiger charge is -2.35. The van der Waals surface area contributed by atoms with Crippen LogP contribution in [0.25, 0.3) is 0 Å². The monoisotopic (exact) mass is 339 g/mol. The number of piperazine rings is 1. The predicted molar refractivity (Wildman–Crippen MR) is 100 cm³/mol. The van der Waals surface area contributed by atoms with Gasteiger partial charge in [0.1, 0.15) is 17.5 Å². The second-order valence-electron chi connectivity index (χ2n) is 6.58. The van der Waals surface area contributed by atoms with E-state index in [9.17, 15) is 4.79 Å². The molecule has 1 saturated heterocycles. The summed E-state index contributed by atoms with van der Waals surface area (Å²) in [6.07, 6.45) is 0. The van der Waals surface area contributed by atoms with Crippen molar-refractivity contribution in [2.45, 2.75) is 27.7 Å². The van der Waals surface area contributed by atoms with Crippen LogP contribution in [0.2, 0.25) is 0 Å². The predicted octanol–water partition coefficient (Wildman–Crippen LogP) is 2.81. The molecule has 0 unspecified atom stereocenters. The molecule has 25 heavy (non-hydrogen) atoms. The van der Waals surface area contributed by atoms with Crippen molar-refractivity contribution in [3.05, 3.63) is 41.2 Å². The number of benzene rings is 1. The Morgan fingerprint density at radius 1 is 1.00 bits per heavy atom. The first kappa shape index (κ1) is 17.2. The second kappa shape index (κ2) is 7.09. The molecule has 2 heterocycles. The second-order valence-corrected chi connectivity index (χ2v) is 6.58. The Morgan fingerprint density at radius 2 is 1.72 bits per heavy atom. The van der Waals surface area contributed by atoms with Crippen LogP contribution in [0.15, 0.2) is 24.3 Å². The van der Waals surface area contributed by atoms with Crippen LogP contribution in [-0.2, 0) is 4.79 Å². The number of hydrogen-bond acceptors (Lipinski definition) is 5. The van der Waals surface area contributed by atoms with Gasteiger partial charge < -0.3 is 15.1 Å². The summed E-state index contributed by atoms with van der Waals surface area (Å²) < 4.78 is 0. The zero-order valence-corrected chi connectivity index (χ0v) is 15.3. The SMILES string of the molecule is CC(=O)N1CCN(c2cc(Nc3ccc(C)c(C)c3)nc(C)n2)CC1. The van der Waals surface area contributed by atoms with E-state index in [2.05, 4.69) is 52.2 Å². The third kappa shape index (κ3) is 4.07. The van der Waals surface area contributed by atoms with Crippen molar-refractivity contribution in [2.75, 3.05) is 36.4 Å². The average molecular weight is 339 g/mol. The van der Waals surface area contributed by atoms with Crippen molar-refractivity contribution in [1.29, 1.82) is 0 Å². The third-order valence-corrected chi connectivity index (χ3v) is 4.65. The van der Waals surface area contributed by atoms with E-state index in [4.69, 9.17) is 0 Å². The molecule has 3 rings (SSSR count). The van der Waals surface area contributed by atoms with Crippen molar-refractivity contribution < 1.29 is 4.79 Å². The minimum Gasteiger partial charge on any atom is -0.353 e. The van der Waals surface area contributed by atoms with E-state index < -0.39 is 0 Å². The number of hydrogen-bond donors (Lipinski definition) is 1. The first-order chi connectivity index (χ1) is 11.9. The number of nitrogens with zero attached hydrogens (tertiary/aromatic N) is 4. The molecule has 1 aliphatic rings. The van der Waals surface area contributed by atoms with Crippen molar-refractivity contribution in [2.24, 2.45) is 0 Å². The quantitative estimate of drug-likeness (QED) is 0.932. The molecule has 0 atom stereocenters. The Labute approximate surface area is 148 Å². The first-order valence-electron chi connectivity index (χ1n) is 8.63. The van der Waals surface area contributed by atoms with E-state index in [1.807, 2.05) is 17.9 Å². The summed E-state index contributed by atoms with van der Waals surface area (Å²) in [5.74, 6) is 2.57. The Hall–Kier alpha value is -2.63. The van der Waals surface area contributed by atoms with Gasteiger partial charge in [0.2, 0.25) is 5.91 Å². The van der Waals surface area contributed by atoms with E-state index in [0.717, 1.165) is 49.3 Å². The molecule has 1 aliphatic heterocycles. The molecule has 0 aliphatic carbocycles. The van der Waals surface area contributed by atoms with Gasteiger partial charge >= 0.3 is 0 Å². The number of anilines is 3. The van der Waals surface area contributed by atoms with Gasteiger partial charge in [-0.3, -0.25) is 4.79 Å². The van der Waals surface area contributed by atoms with Gasteiger partial charge in [0.25, 0.3) is 0 Å². The van der Waals surface area contributed by atoms with Crippen molar-refractivity contribution in [3.63, 3.8) is 0 Å². The summed E-state index contributed by atoms with van der Waals surface area (Å²) >= 11 is 0. The number of carbonyl (C=O) groups is 1. The van der Waals surface area contributed by atoms with Gasteiger partial charge in [-0.2, -0.15) is 0 Å². The molecule has 0 bridgehead atoms. The van der Waals surface area contributed by atoms with Crippen LogP contribution in [0.3, 0.4) is 0 Å². The van der Waals surface area contributed by atoms with Crippen molar-refractivity contribution in [1.82, 2.24) is 14.9 Å². The number of carbonyl (C=O) groups excluding carboxylic acids is 1. The Bertz CT molecular complexity index is 781. The number of rotatable bonds is 3. The van der Waals surface area contributed by atoms with Crippen LogP contribution in [0.4, 0.5) is 17.3 Å². The molecule has 1 aromatic heterocycles. The smallest absolute Gasteiger partial charge is 0.219 e. The van der Waals surface area contributed by atoms with E-state index in [0.29, 0.717) is 0 Å². The molecule has 0 spiro atoms. The molecule has 1 aromatic carbocycles. The zero-order chi connectivity index (χ0) is 18.0. The molecule has 1 N–H and O–H groups in total. The lowest BCUT2D eigenvalue weighted by Crippen LogP contribution is -2.48. The molecule has 0 saturated carbocycles. The molecule has 1 amide bonds. The van der Waals surface area contributed by atoms with Gasteiger partial charge in [-0.05, 0) is 44.0 Å². The van der Waals surface area contributed by atoms with Crippen molar-refractivity contribution in [3.8, 4) is 0 Å². The van der Waals surface area contributed by atoms with Gasteiger partial charge in [0.05, 0.1) is 0 Å². The minimum absolute atomic E-state index is 0.135. The van der Waals surface area contributed by atoms with E-state index >= 15 is 0 Å². The van der Waals surface area contributed by atoms with Crippen LogP contribution in [0, 0.1) is 20.8 Å². The number of amides is 1. The average Bonchev–Trinajstić information content (AvgIpc) is 2.58. The summed E-state index contributed by atoms with van der Waals surface area (Å²) in [7, 11) is 0. The maximum atomic E-state index is 11.5. The highest BCUT2D eigenvalue weighted by atomic mass is 16.2. The fourth-order valence-corrected chi connectivity index (χ4v) is 3.00. The van der Waals surface area contributed by atoms with E-state index in [-0.39, 0.29) is 5.91 Å². The van der Waals surface area contributed by atoms with Crippen LogP contribution >= 0.6 is 0 Å². The summed E-state index contributed by atoms with van der Waals surface area (Å²) in [5.41, 5.74) is 3.54. The summed E-state index contributed by atoms with van der Waals surface area (Å²) in [4.78, 5) is 24.6. The number of nitrogens with one attached hydrogen (secondary N) is 1. The Morgan fingerprint density at radius 3 is 2.36 bits per heavy atom. The summed E-state index contributed by atoms with van der Waals surface area (Å²) in [6, 6.07) is 8.27. The number of aromatic nitrogens is 2. The molecule has 132 valence electrons. The lowest BCUT2D eigenvalue weighted by atomic mass is 10.1. The van der Waals surface area contributed by atoms with Crippen LogP contribution < -0.4 is 10.2 Å².